The Labute approximate surface area is 184 Å². The number of thiazole rings is 1. The van der Waals surface area contributed by atoms with E-state index in [1.807, 2.05) is 78.2 Å². The number of benzene rings is 3. The number of rotatable bonds is 6. The number of nitrogens with one attached hydrogen (secondary N) is 2. The number of amides is 1. The molecule has 3 aromatic carbocycles. The summed E-state index contributed by atoms with van der Waals surface area (Å²) in [6.45, 7) is 2.09. The second-order valence-electron chi connectivity index (χ2n) is 6.72. The number of carbonyl (C=O) groups is 1. The highest BCUT2D eigenvalue weighted by atomic mass is 35.5. The number of anilines is 3. The van der Waals surface area contributed by atoms with Gasteiger partial charge in [0.05, 0.1) is 16.4 Å². The Morgan fingerprint density at radius 3 is 2.43 bits per heavy atom. The minimum atomic E-state index is -0.120. The van der Waals surface area contributed by atoms with Crippen LogP contribution >= 0.6 is 22.9 Å². The van der Waals surface area contributed by atoms with Crippen LogP contribution in [0.4, 0.5) is 16.5 Å². The molecule has 4 rings (SSSR count). The summed E-state index contributed by atoms with van der Waals surface area (Å²) in [5.41, 5.74) is 5.26. The molecule has 0 bridgehead atoms. The molecule has 0 saturated heterocycles. The lowest BCUT2D eigenvalue weighted by molar-refractivity contribution is 0.102. The number of hydrogen-bond acceptors (Lipinski definition) is 4. The molecule has 1 heterocycles. The van der Waals surface area contributed by atoms with Crippen LogP contribution in [0.3, 0.4) is 0 Å². The number of aromatic nitrogens is 1. The van der Waals surface area contributed by atoms with Crippen molar-refractivity contribution in [2.75, 3.05) is 10.6 Å². The quantitative estimate of drug-likeness (QED) is 0.343. The maximum Gasteiger partial charge on any atom is 0.255 e. The van der Waals surface area contributed by atoms with E-state index in [1.165, 1.54) is 16.9 Å². The lowest BCUT2D eigenvalue weighted by Gasteiger charge is -2.07. The van der Waals surface area contributed by atoms with E-state index in [0.717, 1.165) is 34.2 Å². The van der Waals surface area contributed by atoms with Crippen LogP contribution in [-0.2, 0) is 6.42 Å². The Bertz CT molecular complexity index is 1150. The summed E-state index contributed by atoms with van der Waals surface area (Å²) >= 11 is 7.71. The van der Waals surface area contributed by atoms with Gasteiger partial charge in [0.1, 0.15) is 0 Å². The van der Waals surface area contributed by atoms with Gasteiger partial charge in [-0.05, 0) is 48.4 Å². The van der Waals surface area contributed by atoms with Gasteiger partial charge in [0.15, 0.2) is 5.13 Å². The predicted octanol–water partition coefficient (Wildman–Crippen LogP) is 7.02. The van der Waals surface area contributed by atoms with Gasteiger partial charge in [0.2, 0.25) is 0 Å². The molecule has 150 valence electrons. The first kappa shape index (κ1) is 20.1. The van der Waals surface area contributed by atoms with Crippen molar-refractivity contribution in [3.63, 3.8) is 0 Å². The normalized spacial score (nSPS) is 10.6. The van der Waals surface area contributed by atoms with E-state index in [1.54, 1.807) is 0 Å². The molecule has 0 aliphatic heterocycles. The molecule has 6 heteroatoms. The molecule has 0 fully saturated rings. The predicted molar refractivity (Wildman–Crippen MR) is 126 cm³/mol. The van der Waals surface area contributed by atoms with Crippen LogP contribution in [0.2, 0.25) is 5.02 Å². The van der Waals surface area contributed by atoms with Crippen molar-refractivity contribution >= 4 is 45.4 Å². The molecular formula is C24H20ClN3OS. The Morgan fingerprint density at radius 1 is 1.00 bits per heavy atom. The third-order valence-electron chi connectivity index (χ3n) is 4.68. The van der Waals surface area contributed by atoms with Gasteiger partial charge in [-0.25, -0.2) is 4.98 Å². The zero-order chi connectivity index (χ0) is 20.9. The lowest BCUT2D eigenvalue weighted by atomic mass is 10.1. The molecule has 1 amide bonds. The third-order valence-corrected chi connectivity index (χ3v) is 5.77. The highest BCUT2D eigenvalue weighted by Gasteiger charge is 2.09. The van der Waals surface area contributed by atoms with Crippen LogP contribution in [0.25, 0.3) is 11.3 Å². The summed E-state index contributed by atoms with van der Waals surface area (Å²) in [6, 6.07) is 22.9. The van der Waals surface area contributed by atoms with E-state index >= 15 is 0 Å². The zero-order valence-corrected chi connectivity index (χ0v) is 17.9. The first-order chi connectivity index (χ1) is 14.6. The monoisotopic (exact) mass is 433 g/mol. The number of hydrogen-bond donors (Lipinski definition) is 2. The van der Waals surface area contributed by atoms with Crippen LogP contribution < -0.4 is 10.6 Å². The van der Waals surface area contributed by atoms with E-state index in [0.29, 0.717) is 10.6 Å². The fraction of sp³-hybridized carbons (Fsp3) is 0.0833. The van der Waals surface area contributed by atoms with Crippen molar-refractivity contribution in [1.29, 1.82) is 0 Å². The van der Waals surface area contributed by atoms with Gasteiger partial charge in [-0.3, -0.25) is 4.79 Å². The van der Waals surface area contributed by atoms with Gasteiger partial charge in [-0.2, -0.15) is 0 Å². The number of nitrogens with zero attached hydrogens (tertiary/aromatic N) is 1. The Balaban J connectivity index is 1.43. The Hall–Kier alpha value is -3.15. The SMILES string of the molecule is CCc1ccc(C(=O)Nc2ccc(-c3csc(Nc4ccccc4Cl)n3)cc2)cc1. The molecule has 0 spiro atoms. The Morgan fingerprint density at radius 2 is 1.73 bits per heavy atom. The molecule has 0 atom stereocenters. The maximum atomic E-state index is 12.4. The molecule has 0 aliphatic rings. The van der Waals surface area contributed by atoms with Gasteiger partial charge in [0.25, 0.3) is 5.91 Å². The van der Waals surface area contributed by atoms with Crippen molar-refractivity contribution in [3.8, 4) is 11.3 Å². The fourth-order valence-electron chi connectivity index (χ4n) is 2.96. The lowest BCUT2D eigenvalue weighted by Crippen LogP contribution is -2.11. The van der Waals surface area contributed by atoms with Gasteiger partial charge in [-0.15, -0.1) is 11.3 Å². The first-order valence-corrected chi connectivity index (χ1v) is 10.9. The highest BCUT2D eigenvalue weighted by Crippen LogP contribution is 2.30. The number of carbonyl (C=O) groups excluding carboxylic acids is 1. The van der Waals surface area contributed by atoms with Gasteiger partial charge < -0.3 is 10.6 Å². The largest absolute Gasteiger partial charge is 0.330 e. The summed E-state index contributed by atoms with van der Waals surface area (Å²) in [5.74, 6) is -0.120. The Kier molecular flexibility index (Phi) is 6.12. The van der Waals surface area contributed by atoms with Gasteiger partial charge in [0, 0.05) is 22.2 Å². The summed E-state index contributed by atoms with van der Waals surface area (Å²) in [4.78, 5) is 17.1. The topological polar surface area (TPSA) is 54.0 Å². The minimum absolute atomic E-state index is 0.120. The van der Waals surface area contributed by atoms with E-state index in [-0.39, 0.29) is 5.91 Å². The summed E-state index contributed by atoms with van der Waals surface area (Å²) in [6.07, 6.45) is 0.954. The zero-order valence-electron chi connectivity index (χ0n) is 16.4. The maximum absolute atomic E-state index is 12.4. The first-order valence-electron chi connectivity index (χ1n) is 9.60. The van der Waals surface area contributed by atoms with Crippen LogP contribution in [0.1, 0.15) is 22.8 Å². The van der Waals surface area contributed by atoms with Crippen molar-refractivity contribution in [2.24, 2.45) is 0 Å². The second kappa shape index (κ2) is 9.11. The van der Waals surface area contributed by atoms with Crippen molar-refractivity contribution in [3.05, 3.63) is 94.3 Å². The molecular weight excluding hydrogens is 414 g/mol. The molecule has 0 saturated carbocycles. The standard InChI is InChI=1S/C24H20ClN3OS/c1-2-16-7-9-18(10-8-16)23(29)26-19-13-11-17(12-14-19)22-15-30-24(28-22)27-21-6-4-3-5-20(21)25/h3-15H,2H2,1H3,(H,26,29)(H,27,28). The molecule has 2 N–H and O–H groups in total. The summed E-state index contributed by atoms with van der Waals surface area (Å²) in [5, 5.41) is 9.59. The molecule has 4 aromatic rings. The average Bonchev–Trinajstić information content (AvgIpc) is 3.24. The van der Waals surface area contributed by atoms with Crippen LogP contribution in [0, 0.1) is 0 Å². The van der Waals surface area contributed by atoms with Crippen molar-refractivity contribution in [2.45, 2.75) is 13.3 Å². The van der Waals surface area contributed by atoms with E-state index < -0.39 is 0 Å². The number of halogens is 1. The van der Waals surface area contributed by atoms with Crippen LogP contribution in [-0.4, -0.2) is 10.9 Å². The smallest absolute Gasteiger partial charge is 0.255 e. The number of aryl methyl sites for hydroxylation is 1. The second-order valence-corrected chi connectivity index (χ2v) is 7.99. The molecule has 1 aromatic heterocycles. The minimum Gasteiger partial charge on any atom is -0.330 e. The van der Waals surface area contributed by atoms with Gasteiger partial charge >= 0.3 is 0 Å². The number of para-hydroxylation sites is 1. The van der Waals surface area contributed by atoms with Crippen molar-refractivity contribution in [1.82, 2.24) is 4.98 Å². The molecule has 0 unspecified atom stereocenters. The van der Waals surface area contributed by atoms with Gasteiger partial charge in [-0.1, -0.05) is 54.9 Å². The van der Waals surface area contributed by atoms with Crippen molar-refractivity contribution < 1.29 is 4.79 Å². The molecule has 0 aliphatic carbocycles. The van der Waals surface area contributed by atoms with E-state index in [9.17, 15) is 4.79 Å². The highest BCUT2D eigenvalue weighted by molar-refractivity contribution is 7.14. The summed E-state index contributed by atoms with van der Waals surface area (Å²) in [7, 11) is 0. The van der Waals surface area contributed by atoms with Crippen LogP contribution in [0.15, 0.2) is 78.2 Å². The third kappa shape index (κ3) is 4.70. The average molecular weight is 434 g/mol. The van der Waals surface area contributed by atoms with E-state index in [4.69, 9.17) is 11.6 Å². The summed E-state index contributed by atoms with van der Waals surface area (Å²) < 4.78 is 0. The molecule has 30 heavy (non-hydrogen) atoms. The van der Waals surface area contributed by atoms with E-state index in [2.05, 4.69) is 22.5 Å². The molecule has 0 radical (unpaired) electrons. The van der Waals surface area contributed by atoms with Crippen LogP contribution in [0.5, 0.6) is 0 Å². The fourth-order valence-corrected chi connectivity index (χ4v) is 3.88. The molecule has 4 nitrogen and oxygen atoms in total.